The van der Waals surface area contributed by atoms with E-state index in [0.29, 0.717) is 0 Å². The molecule has 0 radical (unpaired) electrons. The number of rotatable bonds is 7. The summed E-state index contributed by atoms with van der Waals surface area (Å²) in [5, 5.41) is 3.48. The zero-order valence-electron chi connectivity index (χ0n) is 12.0. The normalized spacial score (nSPS) is 17.0. The van der Waals surface area contributed by atoms with E-state index in [9.17, 15) is 0 Å². The number of aryl methyl sites for hydroxylation is 1. The lowest BCUT2D eigenvalue weighted by molar-refractivity contribution is -0.0147. The number of benzene rings is 1. The van der Waals surface area contributed by atoms with Crippen molar-refractivity contribution in [3.05, 3.63) is 28.2 Å². The minimum Gasteiger partial charge on any atom is -0.487 e. The van der Waals surface area contributed by atoms with E-state index in [-0.39, 0.29) is 5.60 Å². The molecule has 0 amide bonds. The van der Waals surface area contributed by atoms with E-state index in [1.54, 1.807) is 0 Å². The molecule has 3 heteroatoms. The molecule has 1 aliphatic rings. The fourth-order valence-corrected chi connectivity index (χ4v) is 2.85. The van der Waals surface area contributed by atoms with Gasteiger partial charge in [0.05, 0.1) is 0 Å². The van der Waals surface area contributed by atoms with Crippen LogP contribution in [0, 0.1) is 6.92 Å². The smallest absolute Gasteiger partial charge is 0.124 e. The Morgan fingerprint density at radius 3 is 2.74 bits per heavy atom. The largest absolute Gasteiger partial charge is 0.487 e. The fraction of sp³-hybridized carbons (Fsp3) is 0.625. The molecule has 0 saturated heterocycles. The second-order valence-corrected chi connectivity index (χ2v) is 6.46. The molecular formula is C16H24BrNO. The van der Waals surface area contributed by atoms with E-state index in [1.165, 1.54) is 31.2 Å². The lowest BCUT2D eigenvalue weighted by Gasteiger charge is -2.42. The first-order valence-corrected chi connectivity index (χ1v) is 8.10. The predicted molar refractivity (Wildman–Crippen MR) is 83.9 cm³/mol. The van der Waals surface area contributed by atoms with E-state index in [2.05, 4.69) is 53.3 Å². The molecule has 0 aromatic heterocycles. The van der Waals surface area contributed by atoms with Crippen LogP contribution in [-0.2, 0) is 0 Å². The monoisotopic (exact) mass is 325 g/mol. The molecule has 0 heterocycles. The Morgan fingerprint density at radius 2 is 2.11 bits per heavy atom. The Labute approximate surface area is 125 Å². The maximum atomic E-state index is 6.36. The lowest BCUT2D eigenvalue weighted by atomic mass is 9.77. The Balaban J connectivity index is 1.96. The molecule has 0 unspecified atom stereocenters. The van der Waals surface area contributed by atoms with Gasteiger partial charge in [0.15, 0.2) is 0 Å². The van der Waals surface area contributed by atoms with Crippen molar-refractivity contribution in [1.29, 1.82) is 0 Å². The van der Waals surface area contributed by atoms with E-state index >= 15 is 0 Å². The Morgan fingerprint density at radius 1 is 1.32 bits per heavy atom. The topological polar surface area (TPSA) is 21.3 Å². The van der Waals surface area contributed by atoms with Crippen molar-refractivity contribution < 1.29 is 4.74 Å². The second kappa shape index (κ2) is 6.76. The minimum atomic E-state index is 0.0757. The zero-order chi connectivity index (χ0) is 13.7. The van der Waals surface area contributed by atoms with Gasteiger partial charge in [-0.05, 0) is 69.8 Å². The van der Waals surface area contributed by atoms with Gasteiger partial charge >= 0.3 is 0 Å². The summed E-state index contributed by atoms with van der Waals surface area (Å²) in [7, 11) is 0. The van der Waals surface area contributed by atoms with Crippen LogP contribution < -0.4 is 10.1 Å². The molecule has 0 aliphatic heterocycles. The highest BCUT2D eigenvalue weighted by atomic mass is 79.9. The molecule has 106 valence electrons. The summed E-state index contributed by atoms with van der Waals surface area (Å²) in [6, 6.07) is 6.27. The molecule has 0 bridgehead atoms. The maximum absolute atomic E-state index is 6.36. The molecule has 0 atom stereocenters. The number of hydrogen-bond donors (Lipinski definition) is 1. The molecule has 2 nitrogen and oxygen atoms in total. The van der Waals surface area contributed by atoms with Gasteiger partial charge < -0.3 is 10.1 Å². The van der Waals surface area contributed by atoms with Crippen molar-refractivity contribution in [1.82, 2.24) is 5.32 Å². The summed E-state index contributed by atoms with van der Waals surface area (Å²) in [6.45, 7) is 6.48. The average molecular weight is 326 g/mol. The van der Waals surface area contributed by atoms with Crippen molar-refractivity contribution in [2.24, 2.45) is 0 Å². The summed E-state index contributed by atoms with van der Waals surface area (Å²) in [5.41, 5.74) is 1.29. The number of hydrogen-bond acceptors (Lipinski definition) is 2. The van der Waals surface area contributed by atoms with Gasteiger partial charge in [-0.3, -0.25) is 0 Å². The first-order valence-electron chi connectivity index (χ1n) is 7.31. The van der Waals surface area contributed by atoms with Gasteiger partial charge in [0.25, 0.3) is 0 Å². The van der Waals surface area contributed by atoms with Crippen molar-refractivity contribution in [3.8, 4) is 5.75 Å². The van der Waals surface area contributed by atoms with Crippen LogP contribution >= 0.6 is 15.9 Å². The molecule has 1 fully saturated rings. The van der Waals surface area contributed by atoms with Gasteiger partial charge in [0, 0.05) is 4.47 Å². The lowest BCUT2D eigenvalue weighted by Crippen LogP contribution is -2.45. The molecule has 1 aliphatic carbocycles. The van der Waals surface area contributed by atoms with Crippen LogP contribution in [0.5, 0.6) is 5.75 Å². The molecule has 2 rings (SSSR count). The van der Waals surface area contributed by atoms with Crippen LogP contribution in [0.1, 0.15) is 44.6 Å². The number of halogens is 1. The highest BCUT2D eigenvalue weighted by molar-refractivity contribution is 9.10. The van der Waals surface area contributed by atoms with Crippen molar-refractivity contribution in [2.75, 3.05) is 13.1 Å². The van der Waals surface area contributed by atoms with E-state index in [0.717, 1.165) is 29.7 Å². The second-order valence-electron chi connectivity index (χ2n) is 5.55. The van der Waals surface area contributed by atoms with Crippen molar-refractivity contribution in [2.45, 2.75) is 51.6 Å². The predicted octanol–water partition coefficient (Wildman–Crippen LogP) is 4.45. The number of nitrogens with one attached hydrogen (secondary N) is 1. The summed E-state index contributed by atoms with van der Waals surface area (Å²) >= 11 is 3.52. The third kappa shape index (κ3) is 3.96. The Hall–Kier alpha value is -0.540. The van der Waals surface area contributed by atoms with Gasteiger partial charge in [-0.15, -0.1) is 0 Å². The Bertz CT molecular complexity index is 415. The third-order valence-corrected chi connectivity index (χ3v) is 4.42. The van der Waals surface area contributed by atoms with Gasteiger partial charge in [-0.25, -0.2) is 0 Å². The summed E-state index contributed by atoms with van der Waals surface area (Å²) < 4.78 is 7.45. The quantitative estimate of drug-likeness (QED) is 0.748. The number of ether oxygens (including phenoxy) is 1. The SMILES string of the molecule is CCCNCCC1(Oc2cc(Br)ccc2C)CCC1. The van der Waals surface area contributed by atoms with Crippen molar-refractivity contribution in [3.63, 3.8) is 0 Å². The zero-order valence-corrected chi connectivity index (χ0v) is 13.6. The summed E-state index contributed by atoms with van der Waals surface area (Å²) in [4.78, 5) is 0. The minimum absolute atomic E-state index is 0.0757. The van der Waals surface area contributed by atoms with Crippen LogP contribution in [0.3, 0.4) is 0 Å². The average Bonchev–Trinajstić information content (AvgIpc) is 2.35. The van der Waals surface area contributed by atoms with Crippen LogP contribution in [0.15, 0.2) is 22.7 Å². The van der Waals surface area contributed by atoms with Gasteiger partial charge in [0.1, 0.15) is 11.4 Å². The molecule has 1 aromatic rings. The Kier molecular flexibility index (Phi) is 5.28. The fourth-order valence-electron chi connectivity index (χ4n) is 2.51. The van der Waals surface area contributed by atoms with Crippen LogP contribution in [0.2, 0.25) is 0 Å². The van der Waals surface area contributed by atoms with E-state index < -0.39 is 0 Å². The van der Waals surface area contributed by atoms with E-state index in [1.807, 2.05) is 0 Å². The molecule has 19 heavy (non-hydrogen) atoms. The highest BCUT2D eigenvalue weighted by Crippen LogP contribution is 2.40. The molecule has 1 saturated carbocycles. The maximum Gasteiger partial charge on any atom is 0.124 e. The molecule has 1 N–H and O–H groups in total. The van der Waals surface area contributed by atoms with Gasteiger partial charge in [-0.1, -0.05) is 28.9 Å². The molecule has 0 spiro atoms. The van der Waals surface area contributed by atoms with Crippen LogP contribution in [-0.4, -0.2) is 18.7 Å². The van der Waals surface area contributed by atoms with Gasteiger partial charge in [0.2, 0.25) is 0 Å². The van der Waals surface area contributed by atoms with Gasteiger partial charge in [-0.2, -0.15) is 0 Å². The highest BCUT2D eigenvalue weighted by Gasteiger charge is 2.39. The molecule has 1 aromatic carbocycles. The molecular weight excluding hydrogens is 302 g/mol. The van der Waals surface area contributed by atoms with Crippen LogP contribution in [0.4, 0.5) is 0 Å². The summed E-state index contributed by atoms with van der Waals surface area (Å²) in [6.07, 6.45) is 5.97. The van der Waals surface area contributed by atoms with Crippen LogP contribution in [0.25, 0.3) is 0 Å². The summed E-state index contributed by atoms with van der Waals surface area (Å²) in [5.74, 6) is 1.03. The van der Waals surface area contributed by atoms with E-state index in [4.69, 9.17) is 4.74 Å². The standard InChI is InChI=1S/C16H24BrNO/c1-3-10-18-11-9-16(7-4-8-16)19-15-12-14(17)6-5-13(15)2/h5-6,12,18H,3-4,7-11H2,1-2H3. The first-order chi connectivity index (χ1) is 9.15. The third-order valence-electron chi connectivity index (χ3n) is 3.93. The van der Waals surface area contributed by atoms with Crippen molar-refractivity contribution >= 4 is 15.9 Å². The first kappa shape index (κ1) is 14.9.